The van der Waals surface area contributed by atoms with E-state index in [2.05, 4.69) is 29.0 Å². The van der Waals surface area contributed by atoms with Gasteiger partial charge in [0.1, 0.15) is 6.61 Å². The molecule has 5 atom stereocenters. The number of fused-ring (bicyclic) bond motifs is 2. The van der Waals surface area contributed by atoms with Gasteiger partial charge in [0.15, 0.2) is 0 Å². The number of pyridine rings is 1. The molecule has 2 saturated heterocycles. The molecule has 0 aromatic carbocycles. The number of carbonyl (C=O) groups is 2. The molecule has 5 rings (SSSR count). The molecule has 1 aliphatic carbocycles. The average molecular weight is 612 g/mol. The van der Waals surface area contributed by atoms with Crippen LogP contribution in [0.3, 0.4) is 0 Å². The van der Waals surface area contributed by atoms with Crippen molar-refractivity contribution in [2.24, 2.45) is 11.3 Å². The van der Waals surface area contributed by atoms with Gasteiger partial charge in [-0.1, -0.05) is 13.8 Å². The van der Waals surface area contributed by atoms with Crippen molar-refractivity contribution in [2.45, 2.75) is 70.4 Å². The van der Waals surface area contributed by atoms with Gasteiger partial charge >= 0.3 is 12.3 Å². The monoisotopic (exact) mass is 611 g/mol. The Kier molecular flexibility index (Phi) is 9.84. The highest BCUT2D eigenvalue weighted by Gasteiger charge is 2.60. The molecule has 10 nitrogen and oxygen atoms in total. The molecule has 1 aromatic rings. The van der Waals surface area contributed by atoms with Crippen LogP contribution in [-0.4, -0.2) is 116 Å². The van der Waals surface area contributed by atoms with E-state index < -0.39 is 23.2 Å². The van der Waals surface area contributed by atoms with Gasteiger partial charge in [-0.3, -0.25) is 9.78 Å². The van der Waals surface area contributed by atoms with Gasteiger partial charge in [-0.25, -0.2) is 4.79 Å². The maximum Gasteiger partial charge on any atom is 0.417 e. The third kappa shape index (κ3) is 6.79. The van der Waals surface area contributed by atoms with Crippen LogP contribution >= 0.6 is 0 Å². The zero-order valence-electron chi connectivity index (χ0n) is 25.3. The van der Waals surface area contributed by atoms with Gasteiger partial charge in [0.05, 0.1) is 23.7 Å². The highest BCUT2D eigenvalue weighted by atomic mass is 19.4. The fraction of sp³-hybridized carbons (Fsp3) is 0.767. The van der Waals surface area contributed by atoms with Crippen LogP contribution in [0.1, 0.15) is 49.9 Å². The van der Waals surface area contributed by atoms with Crippen molar-refractivity contribution in [3.05, 3.63) is 29.1 Å². The van der Waals surface area contributed by atoms with Gasteiger partial charge in [0.25, 0.3) is 0 Å². The molecule has 2 unspecified atom stereocenters. The molecule has 0 radical (unpaired) electrons. The molecular formula is C30H44F3N5O5. The SMILES string of the molecule is CCN(CC)CCOC(=O)N1C[C@@H]2C[C@@H](NC3CCOCC3OC)C[C@]2(C(=O)N2CCc3ncc(C(F)(F)F)cc3C2)C1. The lowest BCUT2D eigenvalue weighted by Gasteiger charge is -2.37. The van der Waals surface area contributed by atoms with Crippen molar-refractivity contribution in [3.63, 3.8) is 0 Å². The Morgan fingerprint density at radius 1 is 1.26 bits per heavy atom. The molecule has 2 amide bonds. The van der Waals surface area contributed by atoms with Crippen LogP contribution in [0.4, 0.5) is 18.0 Å². The van der Waals surface area contributed by atoms with Crippen molar-refractivity contribution >= 4 is 12.0 Å². The minimum absolute atomic E-state index is 0.0334. The molecule has 4 heterocycles. The number of halogens is 3. The summed E-state index contributed by atoms with van der Waals surface area (Å²) >= 11 is 0. The first kappa shape index (κ1) is 31.9. The number of nitrogens with zero attached hydrogens (tertiary/aromatic N) is 4. The second-order valence-electron chi connectivity index (χ2n) is 12.2. The van der Waals surface area contributed by atoms with Gasteiger partial charge in [0.2, 0.25) is 5.91 Å². The number of aromatic nitrogens is 1. The lowest BCUT2D eigenvalue weighted by Crippen LogP contribution is -2.52. The van der Waals surface area contributed by atoms with Crippen LogP contribution < -0.4 is 5.32 Å². The van der Waals surface area contributed by atoms with Crippen molar-refractivity contribution in [1.29, 1.82) is 0 Å². The number of ether oxygens (including phenoxy) is 3. The summed E-state index contributed by atoms with van der Waals surface area (Å²) in [7, 11) is 1.67. The van der Waals surface area contributed by atoms with E-state index in [1.807, 2.05) is 0 Å². The smallest absolute Gasteiger partial charge is 0.417 e. The lowest BCUT2D eigenvalue weighted by molar-refractivity contribution is -0.143. The number of rotatable bonds is 9. The molecule has 0 bridgehead atoms. The van der Waals surface area contributed by atoms with Crippen molar-refractivity contribution in [3.8, 4) is 0 Å². The third-order valence-electron chi connectivity index (χ3n) is 9.80. The number of amides is 2. The minimum Gasteiger partial charge on any atom is -0.448 e. The second kappa shape index (κ2) is 13.3. The van der Waals surface area contributed by atoms with Gasteiger partial charge in [-0.2, -0.15) is 13.2 Å². The fourth-order valence-electron chi connectivity index (χ4n) is 7.37. The Labute approximate surface area is 251 Å². The van der Waals surface area contributed by atoms with Crippen molar-refractivity contribution < 1.29 is 37.0 Å². The van der Waals surface area contributed by atoms with E-state index in [1.54, 1.807) is 16.9 Å². The molecule has 0 spiro atoms. The van der Waals surface area contributed by atoms with Crippen molar-refractivity contribution in [1.82, 2.24) is 25.0 Å². The summed E-state index contributed by atoms with van der Waals surface area (Å²) in [5.74, 6) is -0.215. The number of likely N-dealkylation sites (N-methyl/N-ethyl adjacent to an activating group) is 1. The second-order valence-corrected chi connectivity index (χ2v) is 12.2. The Hall–Kier alpha value is -2.48. The number of alkyl halides is 3. The van der Waals surface area contributed by atoms with Gasteiger partial charge < -0.3 is 34.2 Å². The Balaban J connectivity index is 1.33. The Bertz CT molecular complexity index is 1150. The van der Waals surface area contributed by atoms with Crippen LogP contribution in [-0.2, 0) is 38.1 Å². The fourth-order valence-corrected chi connectivity index (χ4v) is 7.37. The predicted octanol–water partition coefficient (Wildman–Crippen LogP) is 2.94. The normalized spacial score (nSPS) is 29.1. The summed E-state index contributed by atoms with van der Waals surface area (Å²) in [6.07, 6.45) is -1.76. The molecule has 3 aliphatic heterocycles. The number of methoxy groups -OCH3 is 1. The summed E-state index contributed by atoms with van der Waals surface area (Å²) in [5, 5.41) is 3.72. The summed E-state index contributed by atoms with van der Waals surface area (Å²) in [5.41, 5.74) is -0.654. The molecule has 1 N–H and O–H groups in total. The summed E-state index contributed by atoms with van der Waals surface area (Å²) in [4.78, 5) is 37.1. The molecule has 4 aliphatic rings. The maximum absolute atomic E-state index is 14.4. The highest BCUT2D eigenvalue weighted by molar-refractivity contribution is 5.86. The Morgan fingerprint density at radius 2 is 2.05 bits per heavy atom. The van der Waals surface area contributed by atoms with Gasteiger partial charge in [-0.15, -0.1) is 0 Å². The van der Waals surface area contributed by atoms with E-state index in [-0.39, 0.29) is 49.7 Å². The largest absolute Gasteiger partial charge is 0.448 e. The first-order valence-corrected chi connectivity index (χ1v) is 15.4. The van der Waals surface area contributed by atoms with E-state index in [1.165, 1.54) is 0 Å². The average Bonchev–Trinajstić information content (AvgIpc) is 3.53. The van der Waals surface area contributed by atoms with Crippen LogP contribution in [0.15, 0.2) is 12.3 Å². The zero-order valence-corrected chi connectivity index (χ0v) is 25.3. The molecule has 13 heteroatoms. The van der Waals surface area contributed by atoms with Crippen LogP contribution in [0.25, 0.3) is 0 Å². The number of likely N-dealkylation sites (tertiary alicyclic amines) is 1. The quantitative estimate of drug-likeness (QED) is 0.456. The molecule has 1 aromatic heterocycles. The van der Waals surface area contributed by atoms with E-state index >= 15 is 0 Å². The van der Waals surface area contributed by atoms with Gasteiger partial charge in [0, 0.05) is 76.8 Å². The van der Waals surface area contributed by atoms with Crippen molar-refractivity contribution in [2.75, 3.05) is 66.2 Å². The number of nitrogens with one attached hydrogen (secondary N) is 1. The topological polar surface area (TPSA) is 96.5 Å². The first-order valence-electron chi connectivity index (χ1n) is 15.4. The number of hydrogen-bond acceptors (Lipinski definition) is 8. The number of carbonyl (C=O) groups excluding carboxylic acids is 2. The summed E-state index contributed by atoms with van der Waals surface area (Å²) in [6, 6.07) is 1.23. The summed E-state index contributed by atoms with van der Waals surface area (Å²) in [6.45, 7) is 8.95. The van der Waals surface area contributed by atoms with E-state index in [4.69, 9.17) is 14.2 Å². The summed E-state index contributed by atoms with van der Waals surface area (Å²) < 4.78 is 57.1. The maximum atomic E-state index is 14.4. The van der Waals surface area contributed by atoms with E-state index in [9.17, 15) is 22.8 Å². The predicted molar refractivity (Wildman–Crippen MR) is 151 cm³/mol. The van der Waals surface area contributed by atoms with E-state index in [0.717, 1.165) is 31.8 Å². The van der Waals surface area contributed by atoms with Gasteiger partial charge in [-0.05, 0) is 49.9 Å². The molecule has 3 fully saturated rings. The lowest BCUT2D eigenvalue weighted by atomic mass is 9.78. The van der Waals surface area contributed by atoms with Crippen LogP contribution in [0.2, 0.25) is 0 Å². The first-order chi connectivity index (χ1) is 20.6. The third-order valence-corrected chi connectivity index (χ3v) is 9.80. The van der Waals surface area contributed by atoms with E-state index in [0.29, 0.717) is 63.4 Å². The molecule has 43 heavy (non-hydrogen) atoms. The highest BCUT2D eigenvalue weighted by Crippen LogP contribution is 2.51. The molecular weight excluding hydrogens is 567 g/mol. The molecule has 1 saturated carbocycles. The molecule has 240 valence electrons. The standard InChI is InChI=1S/C30H44F3N5O5/c1-4-36(5-2)9-11-43-28(40)38-17-22-13-23(35-25-7-10-42-18-26(25)41-3)14-29(22,19-38)27(39)37-8-6-24-20(16-37)12-21(15-34-24)30(31,32)33/h12,15,22-23,25-26,35H,4-11,13-14,16-19H2,1-3H3/t22-,23+,25?,26?,29-/m0/s1. The minimum atomic E-state index is -4.51. The number of hydrogen-bond donors (Lipinski definition) is 1. The van der Waals surface area contributed by atoms with Crippen LogP contribution in [0, 0.1) is 11.3 Å². The zero-order chi connectivity index (χ0) is 30.8. The van der Waals surface area contributed by atoms with Crippen LogP contribution in [0.5, 0.6) is 0 Å². The Morgan fingerprint density at radius 3 is 2.77 bits per heavy atom.